The van der Waals surface area contributed by atoms with Crippen molar-refractivity contribution < 1.29 is 22.8 Å². The van der Waals surface area contributed by atoms with Gasteiger partial charge < -0.3 is 9.80 Å². The molecule has 4 aliphatic heterocycles. The third-order valence-corrected chi connectivity index (χ3v) is 9.57. The maximum absolute atomic E-state index is 14.3. The first-order valence-corrected chi connectivity index (χ1v) is 13.8. The topological polar surface area (TPSA) is 71.2 Å². The van der Waals surface area contributed by atoms with E-state index < -0.39 is 30.1 Å². The Labute approximate surface area is 215 Å². The molecule has 5 aliphatic rings. The number of hydrazine groups is 1. The summed E-state index contributed by atoms with van der Waals surface area (Å²) in [4.78, 5) is 29.6. The van der Waals surface area contributed by atoms with Crippen LogP contribution in [0, 0.1) is 5.92 Å². The van der Waals surface area contributed by atoms with E-state index >= 15 is 0 Å². The Balaban J connectivity index is 1.23. The van der Waals surface area contributed by atoms with E-state index in [1.54, 1.807) is 0 Å². The van der Waals surface area contributed by atoms with Crippen LogP contribution >= 0.6 is 11.6 Å². The van der Waals surface area contributed by atoms with Crippen LogP contribution in [0.4, 0.5) is 13.2 Å². The van der Waals surface area contributed by atoms with Crippen molar-refractivity contribution in [1.82, 2.24) is 30.5 Å². The molecule has 12 heteroatoms. The van der Waals surface area contributed by atoms with Gasteiger partial charge in [0.05, 0.1) is 11.7 Å². The second kappa shape index (κ2) is 10.2. The Bertz CT molecular complexity index is 841. The van der Waals surface area contributed by atoms with E-state index in [-0.39, 0.29) is 36.5 Å². The number of amides is 2. The number of halogens is 4. The predicted octanol–water partition coefficient (Wildman–Crippen LogP) is 2.09. The molecule has 1 aliphatic carbocycles. The summed E-state index contributed by atoms with van der Waals surface area (Å²) in [6.07, 6.45) is 1.46. The van der Waals surface area contributed by atoms with Crippen molar-refractivity contribution in [1.29, 1.82) is 0 Å². The van der Waals surface area contributed by atoms with E-state index in [2.05, 4.69) is 20.7 Å². The number of nitrogens with zero attached hydrogens (tertiary/aromatic N) is 4. The molecule has 0 radical (unpaired) electrons. The largest absolute Gasteiger partial charge is 0.409 e. The van der Waals surface area contributed by atoms with Gasteiger partial charge in [-0.05, 0) is 57.4 Å². The molecule has 4 unspecified atom stereocenters. The number of likely N-dealkylation sites (tertiary alicyclic amines) is 2. The molecule has 0 bridgehead atoms. The van der Waals surface area contributed by atoms with Crippen LogP contribution in [0.2, 0.25) is 0 Å². The van der Waals surface area contributed by atoms with E-state index in [9.17, 15) is 22.8 Å². The summed E-state index contributed by atoms with van der Waals surface area (Å²) in [6.45, 7) is 1.83. The third-order valence-electron chi connectivity index (χ3n) is 9.30. The van der Waals surface area contributed by atoms with Gasteiger partial charge in [-0.25, -0.2) is 10.4 Å². The van der Waals surface area contributed by atoms with Crippen molar-refractivity contribution in [3.8, 4) is 0 Å². The van der Waals surface area contributed by atoms with E-state index in [1.807, 2.05) is 0 Å². The van der Waals surface area contributed by atoms with Crippen LogP contribution in [0.25, 0.3) is 0 Å². The van der Waals surface area contributed by atoms with E-state index in [1.165, 1.54) is 19.0 Å². The summed E-state index contributed by atoms with van der Waals surface area (Å²) in [6, 6.07) is -1.72. The number of alkyl halides is 4. The average Bonchev–Trinajstić information content (AvgIpc) is 3.39. The SMILES string of the molecule is CN(C(=O)[C@@H]1CCC(=O)N1C)[C@@H](C1CCC(N2CCCC3C2CNC2CC(Cl)NN23)CC1)C(F)(F)F. The smallest absolute Gasteiger partial charge is 0.334 e. The number of hydrogen-bond donors (Lipinski definition) is 2. The second-order valence-electron chi connectivity index (χ2n) is 11.2. The van der Waals surface area contributed by atoms with Crippen molar-refractivity contribution in [2.45, 2.75) is 106 Å². The number of rotatable bonds is 4. The minimum atomic E-state index is -4.51. The summed E-state index contributed by atoms with van der Waals surface area (Å²) >= 11 is 6.34. The zero-order valence-corrected chi connectivity index (χ0v) is 21.8. The standard InChI is InChI=1S/C24H38ClF3N6O2/c1-31-17(9-10-21(31)35)23(36)32(2)22(24(26,27)28)14-5-7-15(8-6-14)33-11-3-4-16-18(33)13-29-20-12-19(25)30-34(16)20/h14-20,22,29-30H,3-13H2,1-2H3/t14?,15?,16?,17-,18?,19?,20?,22-/m0/s1. The fraction of sp³-hybridized carbons (Fsp3) is 0.917. The molecule has 4 saturated heterocycles. The van der Waals surface area contributed by atoms with Crippen LogP contribution in [0.3, 0.4) is 0 Å². The fourth-order valence-corrected chi connectivity index (χ4v) is 7.77. The average molecular weight is 535 g/mol. The van der Waals surface area contributed by atoms with E-state index in [0.29, 0.717) is 37.8 Å². The summed E-state index contributed by atoms with van der Waals surface area (Å²) in [5, 5.41) is 5.88. The van der Waals surface area contributed by atoms with Crippen LogP contribution in [-0.2, 0) is 9.59 Å². The summed E-state index contributed by atoms with van der Waals surface area (Å²) in [7, 11) is 2.76. The van der Waals surface area contributed by atoms with Crippen molar-refractivity contribution >= 4 is 23.4 Å². The second-order valence-corrected chi connectivity index (χ2v) is 11.8. The van der Waals surface area contributed by atoms with Crippen LogP contribution in [-0.4, -0.2) is 107 Å². The first-order chi connectivity index (χ1) is 17.1. The minimum Gasteiger partial charge on any atom is -0.334 e. The van der Waals surface area contributed by atoms with Crippen LogP contribution in [0.15, 0.2) is 0 Å². The Hall–Kier alpha value is -1.14. The Kier molecular flexibility index (Phi) is 7.50. The molecule has 204 valence electrons. The van der Waals surface area contributed by atoms with Crippen molar-refractivity contribution in [2.24, 2.45) is 5.92 Å². The quantitative estimate of drug-likeness (QED) is 0.425. The van der Waals surface area contributed by atoms with Gasteiger partial charge in [0.1, 0.15) is 12.1 Å². The van der Waals surface area contributed by atoms with Gasteiger partial charge in [0.25, 0.3) is 0 Å². The number of piperidine rings is 1. The highest BCUT2D eigenvalue weighted by atomic mass is 35.5. The van der Waals surface area contributed by atoms with Crippen molar-refractivity contribution in [2.75, 3.05) is 27.2 Å². The van der Waals surface area contributed by atoms with Crippen molar-refractivity contribution in [3.63, 3.8) is 0 Å². The molecule has 2 amide bonds. The summed E-state index contributed by atoms with van der Waals surface area (Å²) in [5.74, 6) is -1.44. The highest BCUT2D eigenvalue weighted by molar-refractivity contribution is 6.20. The lowest BCUT2D eigenvalue weighted by molar-refractivity contribution is -0.203. The minimum absolute atomic E-state index is 0.0757. The van der Waals surface area contributed by atoms with Gasteiger partial charge in [0.2, 0.25) is 11.8 Å². The van der Waals surface area contributed by atoms with Gasteiger partial charge in [-0.3, -0.25) is 19.8 Å². The summed E-state index contributed by atoms with van der Waals surface area (Å²) in [5.41, 5.74) is 3.32. The number of nitrogens with one attached hydrogen (secondary N) is 2. The zero-order chi connectivity index (χ0) is 25.8. The summed E-state index contributed by atoms with van der Waals surface area (Å²) < 4.78 is 42.9. The molecule has 8 nitrogen and oxygen atoms in total. The molecule has 0 aromatic heterocycles. The molecule has 1 saturated carbocycles. The third kappa shape index (κ3) is 4.86. The molecule has 4 heterocycles. The van der Waals surface area contributed by atoms with Gasteiger partial charge in [-0.2, -0.15) is 13.2 Å². The molecule has 6 atom stereocenters. The first-order valence-electron chi connectivity index (χ1n) is 13.3. The van der Waals surface area contributed by atoms with Crippen LogP contribution in [0.5, 0.6) is 0 Å². The molecule has 5 rings (SSSR count). The fourth-order valence-electron chi connectivity index (χ4n) is 7.49. The lowest BCUT2D eigenvalue weighted by atomic mass is 9.78. The molecule has 0 spiro atoms. The Morgan fingerprint density at radius 3 is 2.50 bits per heavy atom. The van der Waals surface area contributed by atoms with Gasteiger partial charge in [-0.15, -0.1) is 11.6 Å². The predicted molar refractivity (Wildman–Crippen MR) is 129 cm³/mol. The van der Waals surface area contributed by atoms with Crippen molar-refractivity contribution in [3.05, 3.63) is 0 Å². The van der Waals surface area contributed by atoms with E-state index in [4.69, 9.17) is 11.6 Å². The zero-order valence-electron chi connectivity index (χ0n) is 21.0. The van der Waals surface area contributed by atoms with Crippen LogP contribution < -0.4 is 10.7 Å². The number of carbonyl (C=O) groups is 2. The van der Waals surface area contributed by atoms with E-state index in [0.717, 1.165) is 37.3 Å². The highest BCUT2D eigenvalue weighted by Gasteiger charge is 2.52. The molecule has 0 aromatic rings. The van der Waals surface area contributed by atoms with Gasteiger partial charge >= 0.3 is 6.18 Å². The molecular formula is C24H38ClF3N6O2. The molecule has 0 aromatic carbocycles. The highest BCUT2D eigenvalue weighted by Crippen LogP contribution is 2.41. The number of likely N-dealkylation sites (N-methyl/N-ethyl adjacent to an activating group) is 2. The van der Waals surface area contributed by atoms with Gasteiger partial charge in [0.15, 0.2) is 0 Å². The number of hydrogen-bond acceptors (Lipinski definition) is 6. The normalized spacial score (nSPS) is 39.1. The maximum atomic E-state index is 14.3. The molecule has 36 heavy (non-hydrogen) atoms. The lowest BCUT2D eigenvalue weighted by Gasteiger charge is -2.53. The van der Waals surface area contributed by atoms with Gasteiger partial charge in [-0.1, -0.05) is 0 Å². The Morgan fingerprint density at radius 1 is 1.14 bits per heavy atom. The maximum Gasteiger partial charge on any atom is 0.409 e. The molecular weight excluding hydrogens is 497 g/mol. The lowest BCUT2D eigenvalue weighted by Crippen LogP contribution is -2.70. The monoisotopic (exact) mass is 534 g/mol. The number of fused-ring (bicyclic) bond motifs is 3. The Morgan fingerprint density at radius 2 is 1.86 bits per heavy atom. The number of carbonyl (C=O) groups excluding carboxylic acids is 2. The van der Waals surface area contributed by atoms with Gasteiger partial charge in [0, 0.05) is 51.6 Å². The molecule has 5 fully saturated rings. The first kappa shape index (κ1) is 26.5. The van der Waals surface area contributed by atoms with Crippen LogP contribution in [0.1, 0.15) is 57.8 Å². The molecule has 2 N–H and O–H groups in total.